The molecule has 0 radical (unpaired) electrons. The second-order valence-electron chi connectivity index (χ2n) is 7.32. The van der Waals surface area contributed by atoms with Crippen molar-refractivity contribution in [2.75, 3.05) is 6.26 Å². The number of halogens is 2. The number of carbonyl (C=O) groups excluding carboxylic acids is 3. The van der Waals surface area contributed by atoms with Crippen LogP contribution in [0.3, 0.4) is 0 Å². The fourth-order valence-electron chi connectivity index (χ4n) is 3.36. The monoisotopic (exact) mass is 381 g/mol. The number of carbonyl (C=O) groups is 3. The number of rotatable bonds is 4. The van der Waals surface area contributed by atoms with Crippen LogP contribution in [0.25, 0.3) is 0 Å². The van der Waals surface area contributed by atoms with Crippen LogP contribution in [0.5, 0.6) is 0 Å². The Balaban J connectivity index is 2.69. The average molecular weight is 381 g/mol. The van der Waals surface area contributed by atoms with Crippen molar-refractivity contribution in [2.45, 2.75) is 41.0 Å². The van der Waals surface area contributed by atoms with Gasteiger partial charge in [-0.2, -0.15) is 0 Å². The van der Waals surface area contributed by atoms with Crippen molar-refractivity contribution in [2.24, 2.45) is 10.8 Å². The molecule has 0 aromatic carbocycles. The van der Waals surface area contributed by atoms with Gasteiger partial charge in [0.1, 0.15) is 5.69 Å². The molecule has 1 aromatic rings. The van der Waals surface area contributed by atoms with Gasteiger partial charge in [-0.25, -0.2) is 8.78 Å². The van der Waals surface area contributed by atoms with Gasteiger partial charge < -0.3 is 0 Å². The first-order chi connectivity index (χ1) is 11.9. The van der Waals surface area contributed by atoms with Crippen LogP contribution in [-0.4, -0.2) is 28.6 Å². The topological polar surface area (TPSA) is 64.1 Å². The lowest BCUT2D eigenvalue weighted by atomic mass is 9.63. The molecule has 0 unspecified atom stereocenters. The molecule has 2 rings (SSSR count). The van der Waals surface area contributed by atoms with Gasteiger partial charge in [0.05, 0.1) is 16.4 Å². The van der Waals surface area contributed by atoms with Crippen molar-refractivity contribution >= 4 is 29.1 Å². The van der Waals surface area contributed by atoms with Gasteiger partial charge in [0, 0.05) is 16.2 Å². The third-order valence-corrected chi connectivity index (χ3v) is 5.85. The molecule has 1 aliphatic carbocycles. The van der Waals surface area contributed by atoms with Crippen molar-refractivity contribution in [3.05, 3.63) is 39.6 Å². The number of hydrogen-bond donors (Lipinski definition) is 0. The van der Waals surface area contributed by atoms with Gasteiger partial charge in [0.2, 0.25) is 0 Å². The summed E-state index contributed by atoms with van der Waals surface area (Å²) in [5.74, 6) is -1.38. The highest BCUT2D eigenvalue weighted by Crippen LogP contribution is 2.48. The summed E-state index contributed by atoms with van der Waals surface area (Å²) in [7, 11) is 0. The van der Waals surface area contributed by atoms with E-state index >= 15 is 0 Å². The van der Waals surface area contributed by atoms with E-state index in [0.29, 0.717) is 4.91 Å². The largest absolute Gasteiger partial charge is 0.298 e. The molecule has 1 heterocycles. The normalized spacial score (nSPS) is 19.3. The Labute approximate surface area is 155 Å². The number of Topliss-reactive ketones (excluding diaryl/α,β-unsaturated/α-hetero) is 3. The van der Waals surface area contributed by atoms with Gasteiger partial charge in [-0.15, -0.1) is 11.8 Å². The van der Waals surface area contributed by atoms with Crippen LogP contribution in [0.1, 0.15) is 55.9 Å². The summed E-state index contributed by atoms with van der Waals surface area (Å²) in [6.07, 6.45) is -1.04. The SMILES string of the molecule is CSC1=C(C(=O)c2ccc(C(F)F)nc2C)C(=O)C(C)(C)C(=O)C1(C)C. The molecule has 0 spiro atoms. The maximum atomic E-state index is 13.1. The van der Waals surface area contributed by atoms with Gasteiger partial charge in [-0.1, -0.05) is 0 Å². The van der Waals surface area contributed by atoms with Gasteiger partial charge in [-0.3, -0.25) is 19.4 Å². The highest BCUT2D eigenvalue weighted by Gasteiger charge is 2.54. The Kier molecular flexibility index (Phi) is 5.25. The van der Waals surface area contributed by atoms with Crippen molar-refractivity contribution in [1.29, 1.82) is 0 Å². The summed E-state index contributed by atoms with van der Waals surface area (Å²) in [6, 6.07) is 2.35. The molecule has 0 aliphatic heterocycles. The highest BCUT2D eigenvalue weighted by atomic mass is 32.2. The zero-order valence-corrected chi connectivity index (χ0v) is 16.4. The minimum atomic E-state index is -2.74. The number of aryl methyl sites for hydroxylation is 1. The maximum absolute atomic E-state index is 13.1. The Bertz CT molecular complexity index is 841. The van der Waals surface area contributed by atoms with E-state index in [1.54, 1.807) is 20.1 Å². The Morgan fingerprint density at radius 2 is 1.69 bits per heavy atom. The predicted molar refractivity (Wildman–Crippen MR) is 96.4 cm³/mol. The Hall–Kier alpha value is -1.89. The first-order valence-corrected chi connectivity index (χ1v) is 9.28. The summed E-state index contributed by atoms with van der Waals surface area (Å²) in [4.78, 5) is 43.0. The van der Waals surface area contributed by atoms with E-state index in [-0.39, 0.29) is 22.6 Å². The molecule has 140 valence electrons. The number of alkyl halides is 2. The summed E-state index contributed by atoms with van der Waals surface area (Å²) < 4.78 is 25.6. The van der Waals surface area contributed by atoms with E-state index in [9.17, 15) is 23.2 Å². The molecule has 1 aromatic heterocycles. The number of hydrogen-bond acceptors (Lipinski definition) is 5. The number of thioether (sulfide) groups is 1. The van der Waals surface area contributed by atoms with Crippen molar-refractivity contribution in [3.63, 3.8) is 0 Å². The fraction of sp³-hybridized carbons (Fsp3) is 0.474. The van der Waals surface area contributed by atoms with Gasteiger partial charge in [-0.05, 0) is 53.0 Å². The molecule has 7 heteroatoms. The lowest BCUT2D eigenvalue weighted by Gasteiger charge is -2.39. The molecule has 0 bridgehead atoms. The van der Waals surface area contributed by atoms with E-state index in [1.807, 2.05) is 0 Å². The van der Waals surface area contributed by atoms with Crippen LogP contribution in [0.15, 0.2) is 22.6 Å². The van der Waals surface area contributed by atoms with Crippen molar-refractivity contribution in [1.82, 2.24) is 4.98 Å². The van der Waals surface area contributed by atoms with Gasteiger partial charge in [0.15, 0.2) is 17.3 Å². The third-order valence-electron chi connectivity index (χ3n) is 4.73. The number of allylic oxidation sites excluding steroid dienone is 2. The smallest absolute Gasteiger partial charge is 0.280 e. The molecule has 1 aliphatic rings. The molecule has 0 atom stereocenters. The maximum Gasteiger partial charge on any atom is 0.280 e. The third kappa shape index (κ3) is 3.02. The molecule has 0 N–H and O–H groups in total. The van der Waals surface area contributed by atoms with Crippen molar-refractivity contribution < 1.29 is 23.2 Å². The van der Waals surface area contributed by atoms with E-state index < -0.39 is 34.5 Å². The molecule has 26 heavy (non-hydrogen) atoms. The molecular weight excluding hydrogens is 360 g/mol. The number of pyridine rings is 1. The molecule has 0 saturated heterocycles. The van der Waals surface area contributed by atoms with Crippen LogP contribution in [-0.2, 0) is 9.59 Å². The van der Waals surface area contributed by atoms with Crippen LogP contribution in [0, 0.1) is 17.8 Å². The van der Waals surface area contributed by atoms with Crippen LogP contribution >= 0.6 is 11.8 Å². The molecule has 0 amide bonds. The minimum Gasteiger partial charge on any atom is -0.298 e. The molecule has 4 nitrogen and oxygen atoms in total. The summed E-state index contributed by atoms with van der Waals surface area (Å²) in [5.41, 5.74) is -2.60. The Morgan fingerprint density at radius 3 is 2.15 bits per heavy atom. The van der Waals surface area contributed by atoms with Gasteiger partial charge in [0.25, 0.3) is 6.43 Å². The predicted octanol–water partition coefficient (Wildman–Crippen LogP) is 4.33. The first-order valence-electron chi connectivity index (χ1n) is 8.06. The molecule has 0 saturated carbocycles. The molecule has 0 fully saturated rings. The van der Waals surface area contributed by atoms with Crippen LogP contribution in [0.4, 0.5) is 8.78 Å². The average Bonchev–Trinajstić information content (AvgIpc) is 2.56. The number of ketones is 3. The lowest BCUT2D eigenvalue weighted by molar-refractivity contribution is -0.142. The fourth-order valence-corrected chi connectivity index (χ4v) is 4.35. The quantitative estimate of drug-likeness (QED) is 0.441. The summed E-state index contributed by atoms with van der Waals surface area (Å²) in [5, 5.41) is 0. The standard InChI is InChI=1S/C19H21F2NO3S/c1-9-10(7-8-11(22-9)16(20)21)13(23)12-14(24)18(2,3)17(25)19(4,5)15(12)26-6/h7-8,16H,1-6H3. The second-order valence-corrected chi connectivity index (χ2v) is 8.13. The van der Waals surface area contributed by atoms with Crippen LogP contribution in [0.2, 0.25) is 0 Å². The van der Waals surface area contributed by atoms with Crippen molar-refractivity contribution in [3.8, 4) is 0 Å². The summed E-state index contributed by atoms with van der Waals surface area (Å²) >= 11 is 1.18. The lowest BCUT2D eigenvalue weighted by Crippen LogP contribution is -2.49. The minimum absolute atomic E-state index is 0.0539. The highest BCUT2D eigenvalue weighted by molar-refractivity contribution is 8.02. The zero-order chi connectivity index (χ0) is 20.0. The second kappa shape index (κ2) is 6.68. The van der Waals surface area contributed by atoms with E-state index in [1.165, 1.54) is 38.6 Å². The van der Waals surface area contributed by atoms with Gasteiger partial charge >= 0.3 is 0 Å². The summed E-state index contributed by atoms with van der Waals surface area (Å²) in [6.45, 7) is 7.85. The number of nitrogens with zero attached hydrogens (tertiary/aromatic N) is 1. The number of aromatic nitrogens is 1. The Morgan fingerprint density at radius 1 is 1.12 bits per heavy atom. The van der Waals surface area contributed by atoms with E-state index in [4.69, 9.17) is 0 Å². The zero-order valence-electron chi connectivity index (χ0n) is 15.6. The van der Waals surface area contributed by atoms with E-state index in [2.05, 4.69) is 4.98 Å². The van der Waals surface area contributed by atoms with Crippen LogP contribution < -0.4 is 0 Å². The van der Waals surface area contributed by atoms with E-state index in [0.717, 1.165) is 6.07 Å². The first kappa shape index (κ1) is 20.4. The molecular formula is C19H21F2NO3S.